The highest BCUT2D eigenvalue weighted by molar-refractivity contribution is 5.14. The molecule has 0 saturated carbocycles. The summed E-state index contributed by atoms with van der Waals surface area (Å²) >= 11 is 0. The van der Waals surface area contributed by atoms with Gasteiger partial charge in [-0.1, -0.05) is 0 Å². The van der Waals surface area contributed by atoms with Crippen LogP contribution in [0.25, 0.3) is 0 Å². The van der Waals surface area contributed by atoms with Gasteiger partial charge in [-0.05, 0) is 6.07 Å². The van der Waals surface area contributed by atoms with Gasteiger partial charge in [-0.25, -0.2) is 4.98 Å². The zero-order chi connectivity index (χ0) is 7.40. The standard InChI is InChI=1S/C7H9NO2/c1-10-7-3-2-6(5-9)8-4-7/h2-4,9H,5H2,1H3/p+1. The maximum absolute atomic E-state index is 8.63. The largest absolute Gasteiger partial charge is 0.491 e. The fraction of sp³-hybridized carbons (Fsp3) is 0.286. The Kier molecular flexibility index (Phi) is 2.23. The van der Waals surface area contributed by atoms with Gasteiger partial charge in [-0.3, -0.25) is 0 Å². The van der Waals surface area contributed by atoms with Crippen LogP contribution in [0, 0.1) is 0 Å². The first kappa shape index (κ1) is 7.02. The SMILES string of the molecule is COc1ccc(CO)[nH+]c1. The van der Waals surface area contributed by atoms with Crippen LogP contribution in [0.4, 0.5) is 0 Å². The number of methoxy groups -OCH3 is 1. The van der Waals surface area contributed by atoms with Crippen molar-refractivity contribution >= 4 is 0 Å². The Morgan fingerprint density at radius 2 is 2.40 bits per heavy atom. The highest BCUT2D eigenvalue weighted by Gasteiger charge is 1.98. The Balaban J connectivity index is 2.80. The minimum Gasteiger partial charge on any atom is -0.491 e. The van der Waals surface area contributed by atoms with Crippen LogP contribution in [0.2, 0.25) is 0 Å². The lowest BCUT2D eigenvalue weighted by atomic mass is 10.3. The molecule has 0 radical (unpaired) electrons. The smallest absolute Gasteiger partial charge is 0.209 e. The van der Waals surface area contributed by atoms with Gasteiger partial charge in [0.15, 0.2) is 5.75 Å². The molecule has 54 valence electrons. The van der Waals surface area contributed by atoms with Crippen molar-refractivity contribution in [1.29, 1.82) is 0 Å². The van der Waals surface area contributed by atoms with Crippen molar-refractivity contribution in [2.75, 3.05) is 7.11 Å². The van der Waals surface area contributed by atoms with E-state index in [-0.39, 0.29) is 6.61 Å². The fourth-order valence-corrected chi connectivity index (χ4v) is 0.668. The molecule has 1 aromatic heterocycles. The summed E-state index contributed by atoms with van der Waals surface area (Å²) in [5, 5.41) is 8.63. The third-order valence-corrected chi connectivity index (χ3v) is 1.25. The van der Waals surface area contributed by atoms with Crippen molar-refractivity contribution in [1.82, 2.24) is 0 Å². The lowest BCUT2D eigenvalue weighted by Gasteiger charge is -1.93. The molecule has 0 atom stereocenters. The minimum absolute atomic E-state index is 0.0317. The molecular weight excluding hydrogens is 130 g/mol. The number of hydrogen-bond acceptors (Lipinski definition) is 2. The average molecular weight is 140 g/mol. The third-order valence-electron chi connectivity index (χ3n) is 1.25. The Morgan fingerprint density at radius 1 is 1.60 bits per heavy atom. The molecule has 2 N–H and O–H groups in total. The summed E-state index contributed by atoms with van der Waals surface area (Å²) in [4.78, 5) is 2.86. The molecule has 0 amide bonds. The molecule has 0 aliphatic rings. The van der Waals surface area contributed by atoms with E-state index in [1.807, 2.05) is 0 Å². The zero-order valence-corrected chi connectivity index (χ0v) is 5.79. The van der Waals surface area contributed by atoms with Gasteiger partial charge >= 0.3 is 0 Å². The van der Waals surface area contributed by atoms with E-state index in [2.05, 4.69) is 4.98 Å². The van der Waals surface area contributed by atoms with Crippen LogP contribution in [0.5, 0.6) is 5.75 Å². The fourth-order valence-electron chi connectivity index (χ4n) is 0.668. The van der Waals surface area contributed by atoms with E-state index in [9.17, 15) is 0 Å². The van der Waals surface area contributed by atoms with Gasteiger partial charge in [0.2, 0.25) is 11.9 Å². The molecule has 0 fully saturated rings. The first-order valence-electron chi connectivity index (χ1n) is 3.02. The number of hydrogen-bond donors (Lipinski definition) is 1. The van der Waals surface area contributed by atoms with E-state index < -0.39 is 0 Å². The first-order valence-corrected chi connectivity index (χ1v) is 3.02. The number of aliphatic hydroxyl groups excluding tert-OH is 1. The Hall–Kier alpha value is -1.09. The monoisotopic (exact) mass is 140 g/mol. The Labute approximate surface area is 59.3 Å². The summed E-state index contributed by atoms with van der Waals surface area (Å²) in [7, 11) is 1.60. The van der Waals surface area contributed by atoms with Crippen LogP contribution >= 0.6 is 0 Å². The number of aromatic amines is 1. The summed E-state index contributed by atoms with van der Waals surface area (Å²) in [5.41, 5.74) is 0.779. The van der Waals surface area contributed by atoms with E-state index >= 15 is 0 Å². The number of aliphatic hydroxyl groups is 1. The first-order chi connectivity index (χ1) is 4.86. The number of ether oxygens (including phenoxy) is 1. The molecule has 0 saturated heterocycles. The third kappa shape index (κ3) is 1.45. The topological polar surface area (TPSA) is 43.6 Å². The maximum atomic E-state index is 8.63. The van der Waals surface area contributed by atoms with Gasteiger partial charge in [-0.2, -0.15) is 0 Å². The van der Waals surface area contributed by atoms with Crippen molar-refractivity contribution in [2.45, 2.75) is 6.61 Å². The average Bonchev–Trinajstić information content (AvgIpc) is 2.05. The number of rotatable bonds is 2. The zero-order valence-electron chi connectivity index (χ0n) is 5.79. The van der Waals surface area contributed by atoms with Gasteiger partial charge in [0.05, 0.1) is 7.11 Å². The molecule has 10 heavy (non-hydrogen) atoms. The van der Waals surface area contributed by atoms with E-state index in [0.29, 0.717) is 0 Å². The minimum atomic E-state index is 0.0317. The predicted octanol–water partition coefficient (Wildman–Crippen LogP) is 0.00160. The van der Waals surface area contributed by atoms with E-state index in [0.717, 1.165) is 11.4 Å². The molecule has 0 aliphatic carbocycles. The molecule has 0 bridgehead atoms. The highest BCUT2D eigenvalue weighted by atomic mass is 16.5. The molecule has 1 aromatic rings. The van der Waals surface area contributed by atoms with Crippen LogP contribution in [0.1, 0.15) is 5.69 Å². The van der Waals surface area contributed by atoms with Gasteiger partial charge in [-0.15, -0.1) is 0 Å². The summed E-state index contributed by atoms with van der Waals surface area (Å²) in [5.74, 6) is 0.761. The molecule has 1 rings (SSSR count). The number of H-pyrrole nitrogens is 1. The lowest BCUT2D eigenvalue weighted by molar-refractivity contribution is -0.395. The summed E-state index contributed by atoms with van der Waals surface area (Å²) < 4.78 is 4.90. The molecule has 0 spiro atoms. The number of aromatic nitrogens is 1. The van der Waals surface area contributed by atoms with Gasteiger partial charge < -0.3 is 9.84 Å². The second-order valence-electron chi connectivity index (χ2n) is 1.91. The molecule has 3 nitrogen and oxygen atoms in total. The second-order valence-corrected chi connectivity index (χ2v) is 1.91. The number of pyridine rings is 1. The summed E-state index contributed by atoms with van der Waals surface area (Å²) in [6.07, 6.45) is 1.70. The van der Waals surface area contributed by atoms with Crippen LogP contribution in [0.3, 0.4) is 0 Å². The number of nitrogens with one attached hydrogen (secondary N) is 1. The van der Waals surface area contributed by atoms with E-state index in [1.54, 1.807) is 25.4 Å². The van der Waals surface area contributed by atoms with Crippen LogP contribution in [0.15, 0.2) is 18.3 Å². The van der Waals surface area contributed by atoms with Crippen molar-refractivity contribution < 1.29 is 14.8 Å². The molecule has 1 heterocycles. The quantitative estimate of drug-likeness (QED) is 0.628. The van der Waals surface area contributed by atoms with Crippen LogP contribution in [-0.4, -0.2) is 12.2 Å². The lowest BCUT2D eigenvalue weighted by Crippen LogP contribution is -2.09. The molecule has 3 heteroatoms. The van der Waals surface area contributed by atoms with E-state index in [4.69, 9.17) is 9.84 Å². The van der Waals surface area contributed by atoms with Crippen molar-refractivity contribution in [3.05, 3.63) is 24.0 Å². The van der Waals surface area contributed by atoms with E-state index in [1.165, 1.54) is 0 Å². The Bertz CT molecular complexity index is 172. The maximum Gasteiger partial charge on any atom is 0.209 e. The van der Waals surface area contributed by atoms with Crippen LogP contribution in [-0.2, 0) is 6.61 Å². The second kappa shape index (κ2) is 3.17. The van der Waals surface area contributed by atoms with Gasteiger partial charge in [0, 0.05) is 6.07 Å². The van der Waals surface area contributed by atoms with Gasteiger partial charge in [0.25, 0.3) is 0 Å². The van der Waals surface area contributed by atoms with Gasteiger partial charge in [0.1, 0.15) is 6.61 Å². The van der Waals surface area contributed by atoms with Crippen molar-refractivity contribution in [3.8, 4) is 5.75 Å². The van der Waals surface area contributed by atoms with Crippen molar-refractivity contribution in [2.24, 2.45) is 0 Å². The molecular formula is C7H10NO2+. The summed E-state index contributed by atoms with van der Waals surface area (Å²) in [6, 6.07) is 3.57. The summed E-state index contributed by atoms with van der Waals surface area (Å²) in [6.45, 7) is 0.0317. The highest BCUT2D eigenvalue weighted by Crippen LogP contribution is 2.03. The van der Waals surface area contributed by atoms with Crippen LogP contribution < -0.4 is 9.72 Å². The predicted molar refractivity (Wildman–Crippen MR) is 35.5 cm³/mol. The molecule has 0 aromatic carbocycles. The molecule has 0 aliphatic heterocycles. The Morgan fingerprint density at radius 3 is 2.80 bits per heavy atom. The van der Waals surface area contributed by atoms with Crippen molar-refractivity contribution in [3.63, 3.8) is 0 Å². The molecule has 0 unspecified atom stereocenters. The normalized spacial score (nSPS) is 9.40.